The van der Waals surface area contributed by atoms with Crippen LogP contribution in [-0.2, 0) is 16.8 Å². The number of carbonyl (C=O) groups excluding carboxylic acids is 1. The lowest BCUT2D eigenvalue weighted by atomic mass is 9.87. The summed E-state index contributed by atoms with van der Waals surface area (Å²) in [7, 11) is 0. The van der Waals surface area contributed by atoms with Crippen LogP contribution in [0.5, 0.6) is 5.75 Å². The maximum atomic E-state index is 12.2. The minimum atomic E-state index is 0.0354. The molecule has 5 heteroatoms. The van der Waals surface area contributed by atoms with Gasteiger partial charge in [-0.2, -0.15) is 0 Å². The van der Waals surface area contributed by atoms with Crippen molar-refractivity contribution in [1.29, 1.82) is 0 Å². The predicted molar refractivity (Wildman–Crippen MR) is 145 cm³/mol. The van der Waals surface area contributed by atoms with Gasteiger partial charge in [0.2, 0.25) is 5.91 Å². The third-order valence-corrected chi connectivity index (χ3v) is 6.69. The molecular formula is C30H32N2O2S. The molecule has 1 amide bonds. The molecule has 180 valence electrons. The summed E-state index contributed by atoms with van der Waals surface area (Å²) in [5.41, 5.74) is 5.67. The van der Waals surface area contributed by atoms with Crippen molar-refractivity contribution in [2.24, 2.45) is 0 Å². The van der Waals surface area contributed by atoms with Crippen LogP contribution in [0.15, 0.2) is 84.2 Å². The molecule has 0 unspecified atom stereocenters. The number of nitrogens with zero attached hydrogens (tertiary/aromatic N) is 1. The van der Waals surface area contributed by atoms with Crippen LogP contribution in [0.2, 0.25) is 0 Å². The van der Waals surface area contributed by atoms with E-state index < -0.39 is 0 Å². The summed E-state index contributed by atoms with van der Waals surface area (Å²) in [6.45, 7) is 7.62. The van der Waals surface area contributed by atoms with Gasteiger partial charge in [0, 0.05) is 29.5 Å². The molecule has 0 aliphatic heterocycles. The molecule has 35 heavy (non-hydrogen) atoms. The zero-order chi connectivity index (χ0) is 24.7. The van der Waals surface area contributed by atoms with E-state index in [1.807, 2.05) is 42.5 Å². The van der Waals surface area contributed by atoms with E-state index in [9.17, 15) is 4.79 Å². The minimum absolute atomic E-state index is 0.0354. The van der Waals surface area contributed by atoms with E-state index in [2.05, 4.69) is 67.9 Å². The fourth-order valence-corrected chi connectivity index (χ4v) is 4.51. The Labute approximate surface area is 212 Å². The standard InChI is InChI=1S/C30H32N2O2S/c1-30(2,3)25-15-17-26(18-16-25)34-19-7-10-28(33)31-20-22-11-13-24(14-12-22)29-32-27(21-35-29)23-8-5-4-6-9-23/h4-6,8-9,11-18,21H,7,10,19-20H2,1-3H3,(H,31,33). The van der Waals surface area contributed by atoms with E-state index in [1.165, 1.54) is 5.56 Å². The maximum absolute atomic E-state index is 12.2. The van der Waals surface area contributed by atoms with Gasteiger partial charge in [0.25, 0.3) is 0 Å². The van der Waals surface area contributed by atoms with Crippen LogP contribution in [0.25, 0.3) is 21.8 Å². The van der Waals surface area contributed by atoms with Gasteiger partial charge in [-0.25, -0.2) is 4.98 Å². The third kappa shape index (κ3) is 7.03. The third-order valence-electron chi connectivity index (χ3n) is 5.80. The van der Waals surface area contributed by atoms with Gasteiger partial charge in [0.1, 0.15) is 10.8 Å². The fourth-order valence-electron chi connectivity index (χ4n) is 3.68. The van der Waals surface area contributed by atoms with Crippen LogP contribution in [-0.4, -0.2) is 17.5 Å². The Kier molecular flexibility index (Phi) is 7.98. The van der Waals surface area contributed by atoms with Crippen molar-refractivity contribution < 1.29 is 9.53 Å². The number of rotatable bonds is 9. The molecule has 0 saturated carbocycles. The molecule has 0 aliphatic carbocycles. The Morgan fingerprint density at radius 2 is 1.63 bits per heavy atom. The fraction of sp³-hybridized carbons (Fsp3) is 0.267. The number of amides is 1. The van der Waals surface area contributed by atoms with Crippen molar-refractivity contribution in [3.63, 3.8) is 0 Å². The molecule has 1 aromatic heterocycles. The van der Waals surface area contributed by atoms with Crippen molar-refractivity contribution in [2.75, 3.05) is 6.61 Å². The maximum Gasteiger partial charge on any atom is 0.220 e. The Bertz CT molecular complexity index is 1220. The number of hydrogen-bond acceptors (Lipinski definition) is 4. The number of benzene rings is 3. The van der Waals surface area contributed by atoms with Gasteiger partial charge in [0.15, 0.2) is 0 Å². The highest BCUT2D eigenvalue weighted by Crippen LogP contribution is 2.29. The highest BCUT2D eigenvalue weighted by atomic mass is 32.1. The number of hydrogen-bond donors (Lipinski definition) is 1. The second-order valence-electron chi connectivity index (χ2n) is 9.60. The molecule has 1 heterocycles. The number of ether oxygens (including phenoxy) is 1. The van der Waals surface area contributed by atoms with Gasteiger partial charge in [-0.1, -0.05) is 87.5 Å². The SMILES string of the molecule is CC(C)(C)c1ccc(OCCCC(=O)NCc2ccc(-c3nc(-c4ccccc4)cs3)cc2)cc1. The lowest BCUT2D eigenvalue weighted by Gasteiger charge is -2.19. The zero-order valence-corrected chi connectivity index (χ0v) is 21.4. The molecule has 4 rings (SSSR count). The molecule has 0 fully saturated rings. The number of thiazole rings is 1. The van der Waals surface area contributed by atoms with E-state index in [4.69, 9.17) is 9.72 Å². The van der Waals surface area contributed by atoms with E-state index in [0.717, 1.165) is 33.1 Å². The molecule has 3 aromatic carbocycles. The molecule has 0 spiro atoms. The van der Waals surface area contributed by atoms with Crippen molar-refractivity contribution in [3.8, 4) is 27.6 Å². The van der Waals surface area contributed by atoms with Crippen LogP contribution in [0.1, 0.15) is 44.7 Å². The Morgan fingerprint density at radius 1 is 0.914 bits per heavy atom. The first-order valence-corrected chi connectivity index (χ1v) is 12.9. The summed E-state index contributed by atoms with van der Waals surface area (Å²) >= 11 is 1.64. The van der Waals surface area contributed by atoms with E-state index in [0.29, 0.717) is 26.0 Å². The molecular weight excluding hydrogens is 452 g/mol. The van der Waals surface area contributed by atoms with Crippen molar-refractivity contribution in [3.05, 3.63) is 95.4 Å². The van der Waals surface area contributed by atoms with Crippen LogP contribution in [0.3, 0.4) is 0 Å². The Hall–Kier alpha value is -3.44. The van der Waals surface area contributed by atoms with E-state index in [1.54, 1.807) is 11.3 Å². The van der Waals surface area contributed by atoms with Gasteiger partial charge in [-0.05, 0) is 35.1 Å². The molecule has 4 aromatic rings. The van der Waals surface area contributed by atoms with E-state index in [-0.39, 0.29) is 11.3 Å². The van der Waals surface area contributed by atoms with Gasteiger partial charge in [0.05, 0.1) is 12.3 Å². The van der Waals surface area contributed by atoms with Crippen molar-refractivity contribution in [2.45, 2.75) is 45.6 Å². The van der Waals surface area contributed by atoms with Gasteiger partial charge in [-0.15, -0.1) is 11.3 Å². The lowest BCUT2D eigenvalue weighted by molar-refractivity contribution is -0.121. The average Bonchev–Trinajstić information content (AvgIpc) is 3.36. The Morgan fingerprint density at radius 3 is 2.31 bits per heavy atom. The number of carbonyl (C=O) groups is 1. The minimum Gasteiger partial charge on any atom is -0.494 e. The largest absolute Gasteiger partial charge is 0.494 e. The average molecular weight is 485 g/mol. The second kappa shape index (κ2) is 11.3. The van der Waals surface area contributed by atoms with Gasteiger partial charge >= 0.3 is 0 Å². The van der Waals surface area contributed by atoms with Crippen LogP contribution in [0.4, 0.5) is 0 Å². The Balaban J connectivity index is 1.19. The summed E-state index contributed by atoms with van der Waals surface area (Å²) in [4.78, 5) is 17.0. The normalized spacial score (nSPS) is 11.3. The highest BCUT2D eigenvalue weighted by molar-refractivity contribution is 7.13. The first kappa shape index (κ1) is 24.7. The molecule has 0 radical (unpaired) electrons. The monoisotopic (exact) mass is 484 g/mol. The van der Waals surface area contributed by atoms with Crippen molar-refractivity contribution in [1.82, 2.24) is 10.3 Å². The van der Waals surface area contributed by atoms with Crippen LogP contribution in [0, 0.1) is 0 Å². The number of nitrogens with one attached hydrogen (secondary N) is 1. The van der Waals surface area contributed by atoms with Crippen LogP contribution >= 0.6 is 11.3 Å². The topological polar surface area (TPSA) is 51.2 Å². The summed E-state index contributed by atoms with van der Waals surface area (Å²) in [5.74, 6) is 0.878. The number of aromatic nitrogens is 1. The summed E-state index contributed by atoms with van der Waals surface area (Å²) < 4.78 is 5.79. The smallest absolute Gasteiger partial charge is 0.220 e. The molecule has 0 bridgehead atoms. The first-order valence-electron chi connectivity index (χ1n) is 12.0. The molecule has 0 atom stereocenters. The first-order chi connectivity index (χ1) is 16.9. The van der Waals surface area contributed by atoms with Gasteiger partial charge < -0.3 is 10.1 Å². The van der Waals surface area contributed by atoms with Crippen LogP contribution < -0.4 is 10.1 Å². The molecule has 4 nitrogen and oxygen atoms in total. The van der Waals surface area contributed by atoms with Gasteiger partial charge in [-0.3, -0.25) is 4.79 Å². The summed E-state index contributed by atoms with van der Waals surface area (Å²) in [6, 6.07) is 26.6. The predicted octanol–water partition coefficient (Wildman–Crippen LogP) is 7.25. The zero-order valence-electron chi connectivity index (χ0n) is 20.6. The quantitative estimate of drug-likeness (QED) is 0.255. The second-order valence-corrected chi connectivity index (χ2v) is 10.5. The highest BCUT2D eigenvalue weighted by Gasteiger charge is 2.13. The van der Waals surface area contributed by atoms with E-state index >= 15 is 0 Å². The van der Waals surface area contributed by atoms with Crippen molar-refractivity contribution >= 4 is 17.2 Å². The lowest BCUT2D eigenvalue weighted by Crippen LogP contribution is -2.22. The summed E-state index contributed by atoms with van der Waals surface area (Å²) in [6.07, 6.45) is 1.12. The molecule has 0 aliphatic rings. The molecule has 1 N–H and O–H groups in total. The summed E-state index contributed by atoms with van der Waals surface area (Å²) in [5, 5.41) is 6.08. The molecule has 0 saturated heterocycles.